The van der Waals surface area contributed by atoms with Gasteiger partial charge in [-0.1, -0.05) is 11.6 Å². The lowest BCUT2D eigenvalue weighted by atomic mass is 10.2. The molecule has 2 aromatic carbocycles. The predicted octanol–water partition coefficient (Wildman–Crippen LogP) is 4.43. The first-order valence-electron chi connectivity index (χ1n) is 8.76. The minimum absolute atomic E-state index is 0.344. The number of hydrogen-bond acceptors (Lipinski definition) is 6. The Kier molecular flexibility index (Phi) is 8.03. The molecular weight excluding hydrogens is 398 g/mol. The van der Waals surface area contributed by atoms with Gasteiger partial charge in [0.05, 0.1) is 40.1 Å². The quantitative estimate of drug-likeness (QED) is 0.604. The maximum Gasteiger partial charge on any atom is 0.248 e. The van der Waals surface area contributed by atoms with Crippen LogP contribution < -0.4 is 29.0 Å². The zero-order chi connectivity index (χ0) is 21.4. The normalized spacial score (nSPS) is 10.6. The zero-order valence-electron chi connectivity index (χ0n) is 17.0. The van der Waals surface area contributed by atoms with Crippen molar-refractivity contribution in [3.05, 3.63) is 40.9 Å². The van der Waals surface area contributed by atoms with Crippen LogP contribution in [0.4, 0.5) is 5.69 Å². The van der Waals surface area contributed by atoms with E-state index in [-0.39, 0.29) is 5.91 Å². The second kappa shape index (κ2) is 10.5. The highest BCUT2D eigenvalue weighted by atomic mass is 35.5. The fraction of sp³-hybridized carbons (Fsp3) is 0.286. The average Bonchev–Trinajstić information content (AvgIpc) is 2.72. The van der Waals surface area contributed by atoms with Gasteiger partial charge in [-0.3, -0.25) is 4.79 Å². The average molecular weight is 422 g/mol. The molecule has 0 fully saturated rings. The molecule has 0 bridgehead atoms. The van der Waals surface area contributed by atoms with Crippen molar-refractivity contribution in [3.8, 4) is 28.7 Å². The van der Waals surface area contributed by atoms with E-state index in [4.69, 9.17) is 35.3 Å². The van der Waals surface area contributed by atoms with Crippen molar-refractivity contribution in [2.24, 2.45) is 0 Å². The smallest absolute Gasteiger partial charge is 0.248 e. The summed E-state index contributed by atoms with van der Waals surface area (Å²) in [5.74, 6) is 1.94. The molecule has 0 saturated carbocycles. The molecule has 156 valence electrons. The topological polar surface area (TPSA) is 75.3 Å². The summed E-state index contributed by atoms with van der Waals surface area (Å²) in [6.07, 6.45) is 3.01. The number of carbonyl (C=O) groups excluding carboxylic acids is 1. The molecule has 0 aliphatic carbocycles. The predicted molar refractivity (Wildman–Crippen MR) is 113 cm³/mol. The van der Waals surface area contributed by atoms with E-state index in [0.717, 1.165) is 0 Å². The highest BCUT2D eigenvalue weighted by Crippen LogP contribution is 2.40. The Balaban J connectivity index is 2.21. The number of methoxy groups -OCH3 is 4. The molecule has 8 heteroatoms. The van der Waals surface area contributed by atoms with Crippen molar-refractivity contribution in [2.75, 3.05) is 40.4 Å². The molecule has 2 rings (SSSR count). The van der Waals surface area contributed by atoms with Gasteiger partial charge in [0.1, 0.15) is 0 Å². The third-order valence-corrected chi connectivity index (χ3v) is 4.18. The minimum Gasteiger partial charge on any atom is -0.493 e. The molecule has 2 aromatic rings. The van der Waals surface area contributed by atoms with Gasteiger partial charge < -0.3 is 29.0 Å². The van der Waals surface area contributed by atoms with Crippen LogP contribution in [0.15, 0.2) is 30.3 Å². The molecule has 0 saturated heterocycles. The first-order chi connectivity index (χ1) is 14.0. The fourth-order valence-electron chi connectivity index (χ4n) is 2.63. The summed E-state index contributed by atoms with van der Waals surface area (Å²) in [5.41, 5.74) is 1.19. The minimum atomic E-state index is -0.344. The maximum atomic E-state index is 12.3. The number of hydrogen-bond donors (Lipinski definition) is 1. The van der Waals surface area contributed by atoms with Crippen LogP contribution in [0.5, 0.6) is 28.7 Å². The van der Waals surface area contributed by atoms with E-state index in [2.05, 4.69) is 5.32 Å². The van der Waals surface area contributed by atoms with E-state index in [1.54, 1.807) is 30.3 Å². The van der Waals surface area contributed by atoms with E-state index in [1.807, 2.05) is 6.92 Å². The summed E-state index contributed by atoms with van der Waals surface area (Å²) >= 11 is 6.25. The SMILES string of the molecule is CCOc1c(Cl)cc(/C=C/C(=O)Nc2cc(OC)c(OC)c(OC)c2)cc1OC. The Bertz CT molecular complexity index is 872. The van der Waals surface area contributed by atoms with E-state index >= 15 is 0 Å². The van der Waals surface area contributed by atoms with E-state index in [1.165, 1.54) is 34.5 Å². The number of nitrogens with one attached hydrogen (secondary N) is 1. The van der Waals surface area contributed by atoms with Crippen LogP contribution in [0.2, 0.25) is 5.02 Å². The summed E-state index contributed by atoms with van der Waals surface area (Å²) in [6, 6.07) is 6.71. The molecule has 0 spiro atoms. The molecule has 0 aromatic heterocycles. The van der Waals surface area contributed by atoms with Crippen molar-refractivity contribution < 1.29 is 28.5 Å². The summed E-state index contributed by atoms with van der Waals surface area (Å²) in [7, 11) is 6.05. The molecule has 1 amide bonds. The van der Waals surface area contributed by atoms with Crippen molar-refractivity contribution in [1.82, 2.24) is 0 Å². The number of benzene rings is 2. The molecule has 0 aliphatic heterocycles. The first kappa shape index (κ1) is 22.2. The monoisotopic (exact) mass is 421 g/mol. The first-order valence-corrected chi connectivity index (χ1v) is 9.14. The summed E-state index contributed by atoms with van der Waals surface area (Å²) in [4.78, 5) is 12.3. The van der Waals surface area contributed by atoms with Gasteiger partial charge in [-0.25, -0.2) is 0 Å². The van der Waals surface area contributed by atoms with Gasteiger partial charge in [-0.05, 0) is 30.7 Å². The summed E-state index contributed by atoms with van der Waals surface area (Å²) in [6.45, 7) is 2.32. The van der Waals surface area contributed by atoms with Crippen molar-refractivity contribution in [2.45, 2.75) is 6.92 Å². The molecule has 1 N–H and O–H groups in total. The van der Waals surface area contributed by atoms with Crippen LogP contribution in [0.1, 0.15) is 12.5 Å². The van der Waals surface area contributed by atoms with E-state index < -0.39 is 0 Å². The van der Waals surface area contributed by atoms with Crippen molar-refractivity contribution >= 4 is 29.3 Å². The van der Waals surface area contributed by atoms with Gasteiger partial charge in [0.25, 0.3) is 0 Å². The fourth-order valence-corrected chi connectivity index (χ4v) is 2.90. The highest BCUT2D eigenvalue weighted by molar-refractivity contribution is 6.32. The molecule has 7 nitrogen and oxygen atoms in total. The van der Waals surface area contributed by atoms with Crippen LogP contribution in [-0.4, -0.2) is 41.0 Å². The maximum absolute atomic E-state index is 12.3. The molecule has 29 heavy (non-hydrogen) atoms. The largest absolute Gasteiger partial charge is 0.493 e. The van der Waals surface area contributed by atoms with Gasteiger partial charge in [0.2, 0.25) is 11.7 Å². The van der Waals surface area contributed by atoms with Crippen LogP contribution in [0.3, 0.4) is 0 Å². The Labute approximate surface area is 175 Å². The van der Waals surface area contributed by atoms with Gasteiger partial charge in [-0.2, -0.15) is 0 Å². The number of ether oxygens (including phenoxy) is 5. The Morgan fingerprint density at radius 2 is 1.52 bits per heavy atom. The molecule has 0 heterocycles. The molecule has 0 aliphatic rings. The number of anilines is 1. The number of halogens is 1. The third-order valence-electron chi connectivity index (χ3n) is 3.90. The molecule has 0 radical (unpaired) electrons. The van der Waals surface area contributed by atoms with E-state index in [0.29, 0.717) is 51.6 Å². The molecular formula is C21H24ClNO6. The Hall–Kier alpha value is -3.06. The number of amides is 1. The lowest BCUT2D eigenvalue weighted by Gasteiger charge is -2.14. The third kappa shape index (κ3) is 5.48. The Morgan fingerprint density at radius 3 is 2.03 bits per heavy atom. The number of rotatable bonds is 9. The van der Waals surface area contributed by atoms with Crippen molar-refractivity contribution in [3.63, 3.8) is 0 Å². The standard InChI is InChI=1S/C21H24ClNO6/c1-6-29-20-15(22)9-13(10-16(20)25-2)7-8-19(24)23-14-11-17(26-3)21(28-5)18(12-14)27-4/h7-12H,6H2,1-5H3,(H,23,24)/b8-7+. The van der Waals surface area contributed by atoms with Crippen LogP contribution >= 0.6 is 11.6 Å². The molecule has 0 atom stereocenters. The highest BCUT2D eigenvalue weighted by Gasteiger charge is 2.14. The van der Waals surface area contributed by atoms with Gasteiger partial charge in [0, 0.05) is 23.9 Å². The lowest BCUT2D eigenvalue weighted by molar-refractivity contribution is -0.111. The summed E-state index contributed by atoms with van der Waals surface area (Å²) < 4.78 is 26.6. The van der Waals surface area contributed by atoms with Gasteiger partial charge in [0.15, 0.2) is 23.0 Å². The van der Waals surface area contributed by atoms with Gasteiger partial charge >= 0.3 is 0 Å². The molecule has 0 unspecified atom stereocenters. The van der Waals surface area contributed by atoms with Crippen LogP contribution in [-0.2, 0) is 4.79 Å². The van der Waals surface area contributed by atoms with Crippen molar-refractivity contribution in [1.29, 1.82) is 0 Å². The second-order valence-electron chi connectivity index (χ2n) is 5.70. The van der Waals surface area contributed by atoms with Gasteiger partial charge in [-0.15, -0.1) is 0 Å². The second-order valence-corrected chi connectivity index (χ2v) is 6.11. The summed E-state index contributed by atoms with van der Waals surface area (Å²) in [5, 5.41) is 3.16. The number of carbonyl (C=O) groups is 1. The van der Waals surface area contributed by atoms with Crippen LogP contribution in [0, 0.1) is 0 Å². The zero-order valence-corrected chi connectivity index (χ0v) is 17.8. The lowest BCUT2D eigenvalue weighted by Crippen LogP contribution is -2.08. The van der Waals surface area contributed by atoms with E-state index in [9.17, 15) is 4.79 Å². The Morgan fingerprint density at radius 1 is 0.931 bits per heavy atom. The van der Waals surface area contributed by atoms with Crippen LogP contribution in [0.25, 0.3) is 6.08 Å².